The Hall–Kier alpha value is -3.10. The molecule has 178 valence electrons. The molecule has 0 aliphatic rings. The SMILES string of the molecule is CC(=O)CNC(=O)c1cc2ccccc2c(Cl)c1NC(=O)c1cc(Cl)c(Cl)n1-c1ncccc1Cl. The molecule has 0 aliphatic heterocycles. The van der Waals surface area contributed by atoms with E-state index in [1.54, 1.807) is 42.5 Å². The van der Waals surface area contributed by atoms with Gasteiger partial charge in [0.1, 0.15) is 16.6 Å². The Morgan fingerprint density at radius 3 is 2.40 bits per heavy atom. The van der Waals surface area contributed by atoms with E-state index in [4.69, 9.17) is 46.4 Å². The molecule has 0 radical (unpaired) electrons. The van der Waals surface area contributed by atoms with Gasteiger partial charge in [-0.2, -0.15) is 0 Å². The maximum absolute atomic E-state index is 13.4. The van der Waals surface area contributed by atoms with Gasteiger partial charge in [-0.25, -0.2) is 4.98 Å². The predicted molar refractivity (Wildman–Crippen MR) is 139 cm³/mol. The highest BCUT2D eigenvalue weighted by Crippen LogP contribution is 2.36. The fourth-order valence-electron chi connectivity index (χ4n) is 3.45. The van der Waals surface area contributed by atoms with E-state index in [0.29, 0.717) is 10.8 Å². The summed E-state index contributed by atoms with van der Waals surface area (Å²) in [5.74, 6) is -1.29. The van der Waals surface area contributed by atoms with Crippen LogP contribution in [0.2, 0.25) is 20.2 Å². The molecule has 2 heterocycles. The zero-order valence-electron chi connectivity index (χ0n) is 18.0. The molecule has 0 unspecified atom stereocenters. The van der Waals surface area contributed by atoms with Gasteiger partial charge < -0.3 is 10.6 Å². The topological polar surface area (TPSA) is 93.1 Å². The number of hydrogen-bond donors (Lipinski definition) is 2. The van der Waals surface area contributed by atoms with Crippen LogP contribution < -0.4 is 10.6 Å². The van der Waals surface area contributed by atoms with Crippen LogP contribution in [0.4, 0.5) is 5.69 Å². The number of amides is 2. The van der Waals surface area contributed by atoms with E-state index < -0.39 is 11.8 Å². The van der Waals surface area contributed by atoms with Crippen LogP contribution in [0.5, 0.6) is 0 Å². The van der Waals surface area contributed by atoms with Gasteiger partial charge >= 0.3 is 0 Å². The first kappa shape index (κ1) is 25.0. The summed E-state index contributed by atoms with van der Waals surface area (Å²) in [5.41, 5.74) is 0.151. The second-order valence-electron chi connectivity index (χ2n) is 7.49. The summed E-state index contributed by atoms with van der Waals surface area (Å²) in [4.78, 5) is 42.0. The van der Waals surface area contributed by atoms with Crippen molar-refractivity contribution in [3.63, 3.8) is 0 Å². The molecule has 0 atom stereocenters. The zero-order chi connectivity index (χ0) is 25.3. The Bertz CT molecular complexity index is 1500. The molecular formula is C24H16Cl4N4O3. The molecule has 2 amide bonds. The third kappa shape index (κ3) is 4.99. The van der Waals surface area contributed by atoms with Crippen molar-refractivity contribution in [1.29, 1.82) is 0 Å². The number of carbonyl (C=O) groups is 3. The van der Waals surface area contributed by atoms with Crippen molar-refractivity contribution < 1.29 is 14.4 Å². The van der Waals surface area contributed by atoms with Crippen molar-refractivity contribution in [2.24, 2.45) is 0 Å². The Balaban J connectivity index is 1.82. The minimum atomic E-state index is -0.668. The van der Waals surface area contributed by atoms with Crippen LogP contribution in [0.1, 0.15) is 27.8 Å². The van der Waals surface area contributed by atoms with E-state index in [2.05, 4.69) is 15.6 Å². The molecule has 0 spiro atoms. The van der Waals surface area contributed by atoms with E-state index in [-0.39, 0.29) is 55.3 Å². The van der Waals surface area contributed by atoms with Crippen LogP contribution in [0.15, 0.2) is 54.7 Å². The third-order valence-electron chi connectivity index (χ3n) is 5.05. The minimum Gasteiger partial charge on any atom is -0.345 e. The van der Waals surface area contributed by atoms with Crippen LogP contribution in [-0.2, 0) is 4.79 Å². The minimum absolute atomic E-state index is 0.0138. The number of benzene rings is 2. The Kier molecular flexibility index (Phi) is 7.33. The summed E-state index contributed by atoms with van der Waals surface area (Å²) in [6.45, 7) is 1.17. The van der Waals surface area contributed by atoms with Gasteiger partial charge in [-0.1, -0.05) is 70.7 Å². The van der Waals surface area contributed by atoms with Crippen molar-refractivity contribution in [3.8, 4) is 5.82 Å². The van der Waals surface area contributed by atoms with Gasteiger partial charge in [-0.3, -0.25) is 19.0 Å². The third-order valence-corrected chi connectivity index (χ3v) is 6.49. The lowest BCUT2D eigenvalue weighted by Crippen LogP contribution is -2.29. The number of nitrogens with zero attached hydrogens (tertiary/aromatic N) is 2. The summed E-state index contributed by atoms with van der Waals surface area (Å²) in [6.07, 6.45) is 1.49. The van der Waals surface area contributed by atoms with Gasteiger partial charge in [-0.15, -0.1) is 0 Å². The molecule has 0 aliphatic carbocycles. The number of carbonyl (C=O) groups excluding carboxylic acids is 3. The zero-order valence-corrected chi connectivity index (χ0v) is 21.1. The number of fused-ring (bicyclic) bond motifs is 1. The van der Waals surface area contributed by atoms with E-state index in [1.165, 1.54) is 23.8 Å². The van der Waals surface area contributed by atoms with Gasteiger partial charge in [0.25, 0.3) is 11.8 Å². The predicted octanol–water partition coefficient (Wildman–Crippen LogP) is 6.21. The van der Waals surface area contributed by atoms with Gasteiger partial charge in [0, 0.05) is 11.6 Å². The molecule has 0 saturated heterocycles. The van der Waals surface area contributed by atoms with Crippen LogP contribution >= 0.6 is 46.4 Å². The first-order valence-electron chi connectivity index (χ1n) is 10.2. The molecule has 4 aromatic rings. The molecule has 0 bridgehead atoms. The summed E-state index contributed by atoms with van der Waals surface area (Å²) < 4.78 is 1.30. The molecule has 4 rings (SSSR count). The monoisotopic (exact) mass is 548 g/mol. The van der Waals surface area contributed by atoms with E-state index in [9.17, 15) is 14.4 Å². The largest absolute Gasteiger partial charge is 0.345 e. The fraction of sp³-hybridized carbons (Fsp3) is 0.0833. The number of aromatic nitrogens is 2. The molecule has 35 heavy (non-hydrogen) atoms. The summed E-state index contributed by atoms with van der Waals surface area (Å²) in [5, 5.41) is 7.04. The summed E-state index contributed by atoms with van der Waals surface area (Å²) in [6, 6.07) is 13.3. The molecule has 11 heteroatoms. The second kappa shape index (κ2) is 10.3. The molecule has 2 aromatic heterocycles. The van der Waals surface area contributed by atoms with Gasteiger partial charge in [0.2, 0.25) is 0 Å². The average molecular weight is 550 g/mol. The van der Waals surface area contributed by atoms with Crippen LogP contribution in [0, 0.1) is 0 Å². The van der Waals surface area contributed by atoms with Gasteiger partial charge in [0.05, 0.1) is 32.9 Å². The van der Waals surface area contributed by atoms with Gasteiger partial charge in [-0.05, 0) is 36.6 Å². The second-order valence-corrected chi connectivity index (χ2v) is 9.04. The van der Waals surface area contributed by atoms with Crippen LogP contribution in [-0.4, -0.2) is 33.7 Å². The number of hydrogen-bond acceptors (Lipinski definition) is 4. The van der Waals surface area contributed by atoms with Crippen molar-refractivity contribution in [3.05, 3.63) is 86.2 Å². The van der Waals surface area contributed by atoms with Crippen molar-refractivity contribution >= 4 is 80.5 Å². The summed E-state index contributed by atoms with van der Waals surface area (Å²) >= 11 is 25.5. The maximum atomic E-state index is 13.4. The first-order chi connectivity index (χ1) is 16.7. The lowest BCUT2D eigenvalue weighted by Gasteiger charge is -2.16. The van der Waals surface area contributed by atoms with Crippen LogP contribution in [0.25, 0.3) is 16.6 Å². The van der Waals surface area contributed by atoms with Crippen molar-refractivity contribution in [1.82, 2.24) is 14.9 Å². The number of pyridine rings is 1. The highest BCUT2D eigenvalue weighted by Gasteiger charge is 2.25. The smallest absolute Gasteiger partial charge is 0.272 e. The molecule has 0 fully saturated rings. The number of ketones is 1. The number of nitrogens with one attached hydrogen (secondary N) is 2. The highest BCUT2D eigenvalue weighted by atomic mass is 35.5. The molecular weight excluding hydrogens is 534 g/mol. The normalized spacial score (nSPS) is 10.9. The molecule has 2 aromatic carbocycles. The fourth-order valence-corrected chi connectivity index (χ4v) is 4.40. The first-order valence-corrected chi connectivity index (χ1v) is 11.7. The van der Waals surface area contributed by atoms with Gasteiger partial charge in [0.15, 0.2) is 5.82 Å². The molecule has 2 N–H and O–H groups in total. The summed E-state index contributed by atoms with van der Waals surface area (Å²) in [7, 11) is 0. The van der Waals surface area contributed by atoms with E-state index in [0.717, 1.165) is 0 Å². The lowest BCUT2D eigenvalue weighted by atomic mass is 10.0. The highest BCUT2D eigenvalue weighted by molar-refractivity contribution is 6.43. The Morgan fingerprint density at radius 1 is 0.943 bits per heavy atom. The number of rotatable bonds is 6. The number of anilines is 1. The van der Waals surface area contributed by atoms with Crippen molar-refractivity contribution in [2.75, 3.05) is 11.9 Å². The lowest BCUT2D eigenvalue weighted by molar-refractivity contribution is -0.116. The average Bonchev–Trinajstić information content (AvgIpc) is 3.13. The van der Waals surface area contributed by atoms with E-state index in [1.807, 2.05) is 0 Å². The van der Waals surface area contributed by atoms with Crippen molar-refractivity contribution in [2.45, 2.75) is 6.92 Å². The number of halogens is 4. The van der Waals surface area contributed by atoms with E-state index >= 15 is 0 Å². The maximum Gasteiger partial charge on any atom is 0.272 e. The standard InChI is InChI=1S/C24H16Cl4N4O3/c1-12(33)11-30-23(34)15-9-13-5-2-3-6-14(13)19(27)20(15)31-24(35)18-10-17(26)21(28)32(18)22-16(25)7-4-8-29-22/h2-10H,11H2,1H3,(H,30,34)(H,31,35). The number of Topliss-reactive ketones (excluding diaryl/α,β-unsaturated/α-hetero) is 1. The molecule has 0 saturated carbocycles. The Morgan fingerprint density at radius 2 is 1.69 bits per heavy atom. The Labute approximate surface area is 219 Å². The van der Waals surface area contributed by atoms with Crippen LogP contribution in [0.3, 0.4) is 0 Å². The quantitative estimate of drug-likeness (QED) is 0.299. The molecule has 7 nitrogen and oxygen atoms in total.